The van der Waals surface area contributed by atoms with Gasteiger partial charge in [-0.25, -0.2) is 13.1 Å². The zero-order valence-electron chi connectivity index (χ0n) is 10.5. The molecule has 1 rings (SSSR count). The Kier molecular flexibility index (Phi) is 6.08. The van der Waals surface area contributed by atoms with Gasteiger partial charge in [-0.1, -0.05) is 31.5 Å². The molecule has 102 valence electrons. The van der Waals surface area contributed by atoms with E-state index in [2.05, 4.69) is 4.72 Å². The second-order valence-electron chi connectivity index (χ2n) is 4.32. The fraction of sp³-hybridized carbons (Fsp3) is 0.500. The highest BCUT2D eigenvalue weighted by atomic mass is 35.5. The topological polar surface area (TPSA) is 55.4 Å². The van der Waals surface area contributed by atoms with Crippen LogP contribution >= 0.6 is 11.6 Å². The Morgan fingerprint density at radius 1 is 1.39 bits per heavy atom. The highest BCUT2D eigenvalue weighted by molar-refractivity contribution is 7.89. The van der Waals surface area contributed by atoms with Gasteiger partial charge >= 0.3 is 0 Å². The van der Waals surface area contributed by atoms with E-state index >= 15 is 0 Å². The Morgan fingerprint density at radius 2 is 2.11 bits per heavy atom. The van der Waals surface area contributed by atoms with Gasteiger partial charge in [0.15, 0.2) is 0 Å². The van der Waals surface area contributed by atoms with E-state index in [4.69, 9.17) is 16.3 Å². The predicted molar refractivity (Wildman–Crippen MR) is 72.3 cm³/mol. The standard InChI is InChI=1S/C12H18ClNO3S/c1-10(2)9-17-7-6-14-18(15,16)12-5-3-4-11(13)8-12/h3-5,8,10,14H,6-7,9H2,1-2H3. The normalized spacial score (nSPS) is 12.0. The van der Waals surface area contributed by atoms with E-state index in [0.29, 0.717) is 24.2 Å². The summed E-state index contributed by atoms with van der Waals surface area (Å²) in [7, 11) is -3.50. The van der Waals surface area contributed by atoms with E-state index in [0.717, 1.165) is 0 Å². The molecule has 1 aromatic rings. The van der Waals surface area contributed by atoms with Crippen molar-refractivity contribution in [3.05, 3.63) is 29.3 Å². The minimum absolute atomic E-state index is 0.166. The third kappa shape index (κ3) is 5.35. The molecule has 1 aromatic carbocycles. The summed E-state index contributed by atoms with van der Waals surface area (Å²) in [6.45, 7) is 5.31. The molecule has 0 unspecified atom stereocenters. The van der Waals surface area contributed by atoms with Crippen LogP contribution in [-0.2, 0) is 14.8 Å². The molecular formula is C12H18ClNO3S. The van der Waals surface area contributed by atoms with Crippen molar-refractivity contribution in [3.63, 3.8) is 0 Å². The fourth-order valence-electron chi connectivity index (χ4n) is 1.28. The molecule has 18 heavy (non-hydrogen) atoms. The molecule has 0 aliphatic rings. The van der Waals surface area contributed by atoms with Crippen LogP contribution in [0.5, 0.6) is 0 Å². The number of benzene rings is 1. The van der Waals surface area contributed by atoms with Crippen molar-refractivity contribution >= 4 is 21.6 Å². The average molecular weight is 292 g/mol. The SMILES string of the molecule is CC(C)COCCNS(=O)(=O)c1cccc(Cl)c1. The summed E-state index contributed by atoms with van der Waals surface area (Å²) < 4.78 is 31.5. The number of nitrogens with one attached hydrogen (secondary N) is 1. The molecule has 0 heterocycles. The number of sulfonamides is 1. The average Bonchev–Trinajstić information content (AvgIpc) is 2.28. The largest absolute Gasteiger partial charge is 0.380 e. The summed E-state index contributed by atoms with van der Waals surface area (Å²) in [5.41, 5.74) is 0. The van der Waals surface area contributed by atoms with Crippen molar-refractivity contribution in [2.45, 2.75) is 18.7 Å². The van der Waals surface area contributed by atoms with Crippen molar-refractivity contribution in [2.75, 3.05) is 19.8 Å². The lowest BCUT2D eigenvalue weighted by Gasteiger charge is -2.09. The smallest absolute Gasteiger partial charge is 0.240 e. The van der Waals surface area contributed by atoms with E-state index in [1.807, 2.05) is 13.8 Å². The van der Waals surface area contributed by atoms with Crippen molar-refractivity contribution in [1.82, 2.24) is 4.72 Å². The van der Waals surface area contributed by atoms with E-state index in [9.17, 15) is 8.42 Å². The Hall–Kier alpha value is -0.620. The molecule has 0 saturated carbocycles. The molecule has 0 fully saturated rings. The maximum Gasteiger partial charge on any atom is 0.240 e. The van der Waals surface area contributed by atoms with Gasteiger partial charge in [-0.3, -0.25) is 0 Å². The summed E-state index contributed by atoms with van der Waals surface area (Å²) in [5.74, 6) is 0.439. The van der Waals surface area contributed by atoms with Gasteiger partial charge in [-0.05, 0) is 24.1 Å². The van der Waals surface area contributed by atoms with Crippen LogP contribution in [0.25, 0.3) is 0 Å². The van der Waals surface area contributed by atoms with Crippen LogP contribution in [0, 0.1) is 5.92 Å². The summed E-state index contributed by atoms with van der Waals surface area (Å²) >= 11 is 5.75. The van der Waals surface area contributed by atoms with E-state index in [1.165, 1.54) is 12.1 Å². The highest BCUT2D eigenvalue weighted by Gasteiger charge is 2.13. The van der Waals surface area contributed by atoms with E-state index in [1.54, 1.807) is 12.1 Å². The Morgan fingerprint density at radius 3 is 2.72 bits per heavy atom. The second kappa shape index (κ2) is 7.09. The molecule has 1 N–H and O–H groups in total. The van der Waals surface area contributed by atoms with Crippen LogP contribution in [0.15, 0.2) is 29.2 Å². The van der Waals surface area contributed by atoms with Gasteiger partial charge in [0, 0.05) is 18.2 Å². The first-order valence-corrected chi connectivity index (χ1v) is 7.61. The van der Waals surface area contributed by atoms with Crippen molar-refractivity contribution in [3.8, 4) is 0 Å². The van der Waals surface area contributed by atoms with Crippen molar-refractivity contribution in [2.24, 2.45) is 5.92 Å². The number of rotatable bonds is 7. The molecular weight excluding hydrogens is 274 g/mol. The maximum atomic E-state index is 11.9. The van der Waals surface area contributed by atoms with Crippen LogP contribution in [0.3, 0.4) is 0 Å². The predicted octanol–water partition coefficient (Wildman–Crippen LogP) is 2.29. The van der Waals surface area contributed by atoms with Crippen molar-refractivity contribution in [1.29, 1.82) is 0 Å². The van der Waals surface area contributed by atoms with Gasteiger partial charge in [0.2, 0.25) is 10.0 Å². The van der Waals surface area contributed by atoms with Crippen LogP contribution in [0.2, 0.25) is 5.02 Å². The fourth-order valence-corrected chi connectivity index (χ4v) is 2.60. The number of hydrogen-bond donors (Lipinski definition) is 1. The van der Waals surface area contributed by atoms with Gasteiger partial charge in [0.1, 0.15) is 0 Å². The Balaban J connectivity index is 2.46. The van der Waals surface area contributed by atoms with Gasteiger partial charge in [-0.2, -0.15) is 0 Å². The number of hydrogen-bond acceptors (Lipinski definition) is 3. The lowest BCUT2D eigenvalue weighted by atomic mass is 10.2. The van der Waals surface area contributed by atoms with Crippen LogP contribution in [-0.4, -0.2) is 28.2 Å². The number of ether oxygens (including phenoxy) is 1. The first-order valence-electron chi connectivity index (χ1n) is 5.75. The molecule has 4 nitrogen and oxygen atoms in total. The third-order valence-electron chi connectivity index (χ3n) is 2.10. The molecule has 0 atom stereocenters. The lowest BCUT2D eigenvalue weighted by Crippen LogP contribution is -2.27. The minimum Gasteiger partial charge on any atom is -0.380 e. The Bertz CT molecular complexity index is 474. The molecule has 0 bridgehead atoms. The second-order valence-corrected chi connectivity index (χ2v) is 6.53. The summed E-state index contributed by atoms with van der Waals surface area (Å²) in [4.78, 5) is 0.166. The first-order chi connectivity index (χ1) is 8.42. The summed E-state index contributed by atoms with van der Waals surface area (Å²) in [6, 6.07) is 6.15. The summed E-state index contributed by atoms with van der Waals surface area (Å²) in [6.07, 6.45) is 0. The van der Waals surface area contributed by atoms with Gasteiger partial charge in [0.25, 0.3) is 0 Å². The summed E-state index contributed by atoms with van der Waals surface area (Å²) in [5, 5.41) is 0.397. The molecule has 0 aromatic heterocycles. The maximum absolute atomic E-state index is 11.9. The minimum atomic E-state index is -3.50. The molecule has 0 saturated heterocycles. The molecule has 0 radical (unpaired) electrons. The molecule has 0 aliphatic heterocycles. The zero-order valence-corrected chi connectivity index (χ0v) is 12.1. The zero-order chi connectivity index (χ0) is 13.6. The van der Waals surface area contributed by atoms with Gasteiger partial charge in [-0.15, -0.1) is 0 Å². The Labute approximate surface area is 113 Å². The van der Waals surface area contributed by atoms with Crippen LogP contribution in [0.1, 0.15) is 13.8 Å². The molecule has 0 spiro atoms. The van der Waals surface area contributed by atoms with E-state index < -0.39 is 10.0 Å². The lowest BCUT2D eigenvalue weighted by molar-refractivity contribution is 0.114. The molecule has 0 aliphatic carbocycles. The van der Waals surface area contributed by atoms with Crippen LogP contribution in [0.4, 0.5) is 0 Å². The first kappa shape index (κ1) is 15.4. The van der Waals surface area contributed by atoms with Crippen molar-refractivity contribution < 1.29 is 13.2 Å². The molecule has 0 amide bonds. The van der Waals surface area contributed by atoms with Crippen LogP contribution < -0.4 is 4.72 Å². The van der Waals surface area contributed by atoms with E-state index in [-0.39, 0.29) is 11.4 Å². The quantitative estimate of drug-likeness (QED) is 0.784. The highest BCUT2D eigenvalue weighted by Crippen LogP contribution is 2.14. The number of halogens is 1. The monoisotopic (exact) mass is 291 g/mol. The molecule has 6 heteroatoms. The van der Waals surface area contributed by atoms with Gasteiger partial charge < -0.3 is 4.74 Å². The van der Waals surface area contributed by atoms with Gasteiger partial charge in [0.05, 0.1) is 11.5 Å². The third-order valence-corrected chi connectivity index (χ3v) is 3.79.